The number of nitrogens with one attached hydrogen (secondary N) is 1. The summed E-state index contributed by atoms with van der Waals surface area (Å²) in [5.74, 6) is 1.76. The van der Waals surface area contributed by atoms with Gasteiger partial charge >= 0.3 is 0 Å². The number of aryl methyl sites for hydroxylation is 1. The molecule has 7 nitrogen and oxygen atoms in total. The molecule has 8 heteroatoms. The minimum Gasteiger partial charge on any atom is -0.454 e. The van der Waals surface area contributed by atoms with Gasteiger partial charge in [-0.25, -0.2) is 19.0 Å². The second-order valence-electron chi connectivity index (χ2n) is 6.41. The summed E-state index contributed by atoms with van der Waals surface area (Å²) in [5, 5.41) is 8.56. The predicted molar refractivity (Wildman–Crippen MR) is 101 cm³/mol. The molecule has 0 fully saturated rings. The summed E-state index contributed by atoms with van der Waals surface area (Å²) in [6.45, 7) is 2.63. The van der Waals surface area contributed by atoms with Crippen LogP contribution < -0.4 is 14.8 Å². The Morgan fingerprint density at radius 2 is 1.96 bits per heavy atom. The summed E-state index contributed by atoms with van der Waals surface area (Å²) < 4.78 is 26.5. The Balaban J connectivity index is 1.50. The van der Waals surface area contributed by atoms with Crippen molar-refractivity contribution >= 4 is 16.9 Å². The van der Waals surface area contributed by atoms with Crippen LogP contribution in [-0.2, 0) is 6.54 Å². The molecule has 0 amide bonds. The Morgan fingerprint density at radius 1 is 1.11 bits per heavy atom. The lowest BCUT2D eigenvalue weighted by atomic mass is 10.2. The number of ether oxygens (including phenoxy) is 2. The van der Waals surface area contributed by atoms with Gasteiger partial charge in [0.1, 0.15) is 23.6 Å². The third-order valence-electron chi connectivity index (χ3n) is 4.62. The molecule has 4 aromatic rings. The Bertz CT molecular complexity index is 1190. The average Bonchev–Trinajstić information content (AvgIpc) is 3.31. The lowest BCUT2D eigenvalue weighted by Crippen LogP contribution is -2.04. The summed E-state index contributed by atoms with van der Waals surface area (Å²) in [6, 6.07) is 12.3. The van der Waals surface area contributed by atoms with E-state index in [9.17, 15) is 4.39 Å². The third-order valence-corrected chi connectivity index (χ3v) is 4.62. The largest absolute Gasteiger partial charge is 0.454 e. The molecule has 0 atom stereocenters. The van der Waals surface area contributed by atoms with Gasteiger partial charge in [0.2, 0.25) is 6.79 Å². The molecule has 1 N–H and O–H groups in total. The van der Waals surface area contributed by atoms with Gasteiger partial charge < -0.3 is 14.8 Å². The molecule has 3 heterocycles. The van der Waals surface area contributed by atoms with E-state index in [1.165, 1.54) is 17.1 Å². The monoisotopic (exact) mass is 377 g/mol. The Hall–Kier alpha value is -3.68. The summed E-state index contributed by atoms with van der Waals surface area (Å²) in [6.07, 6.45) is 1.45. The minimum atomic E-state index is -0.361. The topological polar surface area (TPSA) is 74.1 Å². The fourth-order valence-electron chi connectivity index (χ4n) is 3.28. The molecule has 28 heavy (non-hydrogen) atoms. The molecule has 5 rings (SSSR count). The first-order valence-corrected chi connectivity index (χ1v) is 8.78. The second-order valence-corrected chi connectivity index (χ2v) is 6.41. The van der Waals surface area contributed by atoms with Gasteiger partial charge in [-0.05, 0) is 36.8 Å². The van der Waals surface area contributed by atoms with Gasteiger partial charge in [0.05, 0.1) is 11.1 Å². The first-order valence-electron chi connectivity index (χ1n) is 8.78. The van der Waals surface area contributed by atoms with Crippen molar-refractivity contribution in [1.82, 2.24) is 19.7 Å². The third kappa shape index (κ3) is 2.70. The molecule has 2 aromatic heterocycles. The van der Waals surface area contributed by atoms with Crippen LogP contribution in [0.5, 0.6) is 11.5 Å². The molecule has 0 aliphatic carbocycles. The highest BCUT2D eigenvalue weighted by Gasteiger charge is 2.17. The van der Waals surface area contributed by atoms with E-state index in [1.54, 1.807) is 18.2 Å². The highest BCUT2D eigenvalue weighted by atomic mass is 19.1. The van der Waals surface area contributed by atoms with Crippen molar-refractivity contribution in [2.24, 2.45) is 0 Å². The highest BCUT2D eigenvalue weighted by Crippen LogP contribution is 2.33. The zero-order valence-corrected chi connectivity index (χ0v) is 15.0. The predicted octanol–water partition coefficient (Wildman–Crippen LogP) is 3.60. The van der Waals surface area contributed by atoms with E-state index in [1.807, 2.05) is 25.1 Å². The Morgan fingerprint density at radius 3 is 2.86 bits per heavy atom. The van der Waals surface area contributed by atoms with Crippen LogP contribution in [0.4, 0.5) is 10.2 Å². The van der Waals surface area contributed by atoms with Crippen LogP contribution in [0.15, 0.2) is 48.8 Å². The molecule has 0 saturated heterocycles. The second kappa shape index (κ2) is 6.49. The van der Waals surface area contributed by atoms with Crippen molar-refractivity contribution < 1.29 is 13.9 Å². The van der Waals surface area contributed by atoms with Gasteiger partial charge in [0.15, 0.2) is 17.1 Å². The van der Waals surface area contributed by atoms with Gasteiger partial charge in [-0.15, -0.1) is 0 Å². The molecule has 0 spiro atoms. The van der Waals surface area contributed by atoms with Gasteiger partial charge in [-0.1, -0.05) is 18.2 Å². The number of benzene rings is 2. The van der Waals surface area contributed by atoms with Crippen LogP contribution in [0, 0.1) is 12.7 Å². The van der Waals surface area contributed by atoms with E-state index < -0.39 is 0 Å². The maximum Gasteiger partial charge on any atom is 0.231 e. The zero-order valence-electron chi connectivity index (χ0n) is 15.0. The maximum absolute atomic E-state index is 14.2. The van der Waals surface area contributed by atoms with E-state index in [-0.39, 0.29) is 12.6 Å². The fraction of sp³-hybridized carbons (Fsp3) is 0.150. The van der Waals surface area contributed by atoms with Crippen LogP contribution in [0.1, 0.15) is 11.3 Å². The van der Waals surface area contributed by atoms with Crippen molar-refractivity contribution in [3.05, 3.63) is 65.9 Å². The lowest BCUT2D eigenvalue weighted by molar-refractivity contribution is 0.174. The SMILES string of the molecule is Cc1nn(-c2ccccc2F)c2ncnc(NCc3ccc4c(c3)OCO4)c12. The van der Waals surface area contributed by atoms with Crippen molar-refractivity contribution in [3.63, 3.8) is 0 Å². The lowest BCUT2D eigenvalue weighted by Gasteiger charge is -2.08. The van der Waals surface area contributed by atoms with Crippen molar-refractivity contribution in [3.8, 4) is 17.2 Å². The van der Waals surface area contributed by atoms with E-state index in [0.717, 1.165) is 22.4 Å². The summed E-state index contributed by atoms with van der Waals surface area (Å²) in [7, 11) is 0. The number of fused-ring (bicyclic) bond motifs is 2. The van der Waals surface area contributed by atoms with Gasteiger partial charge in [-0.3, -0.25) is 0 Å². The number of anilines is 1. The molecule has 0 saturated carbocycles. The number of para-hydroxylation sites is 1. The standard InChI is InChI=1S/C20H16FN5O2/c1-12-18-19(22-9-13-6-7-16-17(8-13)28-11-27-16)23-10-24-20(18)26(25-12)15-5-3-2-4-14(15)21/h2-8,10H,9,11H2,1H3,(H,22,23,24). The Kier molecular flexibility index (Phi) is 3.82. The van der Waals surface area contributed by atoms with Crippen LogP contribution in [0.3, 0.4) is 0 Å². The molecular weight excluding hydrogens is 361 g/mol. The molecule has 140 valence electrons. The maximum atomic E-state index is 14.2. The van der Waals surface area contributed by atoms with Crippen molar-refractivity contribution in [1.29, 1.82) is 0 Å². The fourth-order valence-corrected chi connectivity index (χ4v) is 3.28. The van der Waals surface area contributed by atoms with E-state index >= 15 is 0 Å². The number of aromatic nitrogens is 4. The number of hydrogen-bond donors (Lipinski definition) is 1. The molecule has 0 unspecified atom stereocenters. The van der Waals surface area contributed by atoms with E-state index in [4.69, 9.17) is 9.47 Å². The van der Waals surface area contributed by atoms with Crippen LogP contribution in [0.2, 0.25) is 0 Å². The van der Waals surface area contributed by atoms with Gasteiger partial charge in [-0.2, -0.15) is 5.10 Å². The smallest absolute Gasteiger partial charge is 0.231 e. The first-order chi connectivity index (χ1) is 13.7. The quantitative estimate of drug-likeness (QED) is 0.586. The number of nitrogens with zero attached hydrogens (tertiary/aromatic N) is 4. The van der Waals surface area contributed by atoms with Crippen LogP contribution in [-0.4, -0.2) is 26.5 Å². The number of halogens is 1. The molecule has 0 bridgehead atoms. The van der Waals surface area contributed by atoms with Gasteiger partial charge in [0.25, 0.3) is 0 Å². The van der Waals surface area contributed by atoms with Crippen molar-refractivity contribution in [2.75, 3.05) is 12.1 Å². The molecule has 1 aliphatic heterocycles. The average molecular weight is 377 g/mol. The summed E-state index contributed by atoms with van der Waals surface area (Å²) in [5.41, 5.74) is 2.63. The normalized spacial score (nSPS) is 12.5. The summed E-state index contributed by atoms with van der Waals surface area (Å²) >= 11 is 0. The van der Waals surface area contributed by atoms with E-state index in [2.05, 4.69) is 20.4 Å². The molecular formula is C20H16FN5O2. The molecule has 2 aromatic carbocycles. The van der Waals surface area contributed by atoms with Crippen LogP contribution >= 0.6 is 0 Å². The van der Waals surface area contributed by atoms with Crippen molar-refractivity contribution in [2.45, 2.75) is 13.5 Å². The highest BCUT2D eigenvalue weighted by molar-refractivity contribution is 5.90. The number of hydrogen-bond acceptors (Lipinski definition) is 6. The first kappa shape index (κ1) is 16.5. The Labute approximate surface area is 159 Å². The minimum absolute atomic E-state index is 0.243. The van der Waals surface area contributed by atoms with E-state index in [0.29, 0.717) is 29.4 Å². The molecule has 0 radical (unpaired) electrons. The van der Waals surface area contributed by atoms with Crippen LogP contribution in [0.25, 0.3) is 16.7 Å². The molecule has 1 aliphatic rings. The number of rotatable bonds is 4. The van der Waals surface area contributed by atoms with Gasteiger partial charge in [0, 0.05) is 6.54 Å². The summed E-state index contributed by atoms with van der Waals surface area (Å²) in [4.78, 5) is 8.69. The zero-order chi connectivity index (χ0) is 19.1.